The lowest BCUT2D eigenvalue weighted by Crippen LogP contribution is -2.14. The molecule has 1 unspecified atom stereocenters. The molecule has 0 radical (unpaired) electrons. The lowest BCUT2D eigenvalue weighted by molar-refractivity contribution is -0.0980. The number of aromatic carboxylic acids is 1. The predicted octanol–water partition coefficient (Wildman–Crippen LogP) is 5.95. The second-order valence-corrected chi connectivity index (χ2v) is 8.18. The van der Waals surface area contributed by atoms with Crippen LogP contribution in [0.3, 0.4) is 0 Å². The molecular formula is C26H22ClFN2O5. The average molecular weight is 497 g/mol. The van der Waals surface area contributed by atoms with Crippen LogP contribution in [0.5, 0.6) is 0 Å². The van der Waals surface area contributed by atoms with Crippen LogP contribution >= 0.6 is 11.6 Å². The number of carboxylic acids is 1. The number of hydrogen-bond acceptors (Lipinski definition) is 6. The summed E-state index contributed by atoms with van der Waals surface area (Å²) in [6, 6.07) is 12.2. The number of rotatable bonds is 5. The topological polar surface area (TPSA) is 110 Å². The number of benzene rings is 2. The van der Waals surface area contributed by atoms with Crippen molar-refractivity contribution in [2.24, 2.45) is 0 Å². The third kappa shape index (κ3) is 5.07. The van der Waals surface area contributed by atoms with Gasteiger partial charge in [-0.15, -0.1) is 0 Å². The van der Waals surface area contributed by atoms with Crippen molar-refractivity contribution in [2.75, 3.05) is 5.32 Å². The van der Waals surface area contributed by atoms with Crippen molar-refractivity contribution in [3.05, 3.63) is 92.1 Å². The van der Waals surface area contributed by atoms with Crippen LogP contribution < -0.4 is 10.7 Å². The average Bonchev–Trinajstić information content (AvgIpc) is 2.84. The Hall–Kier alpha value is -4.04. The number of nitrogens with one attached hydrogen (secondary N) is 1. The quantitative estimate of drug-likeness (QED) is 0.328. The number of aromatic nitrogens is 1. The monoisotopic (exact) mass is 496 g/mol. The lowest BCUT2D eigenvalue weighted by Gasteiger charge is -2.19. The number of fused-ring (bicyclic) bond motifs is 1. The van der Waals surface area contributed by atoms with Crippen molar-refractivity contribution in [1.82, 2.24) is 4.98 Å². The normalized spacial score (nSPS) is 11.5. The molecule has 180 valence electrons. The molecule has 0 amide bonds. The summed E-state index contributed by atoms with van der Waals surface area (Å²) in [6.07, 6.45) is 0. The van der Waals surface area contributed by atoms with Gasteiger partial charge in [-0.2, -0.15) is 0 Å². The zero-order chi connectivity index (χ0) is 25.9. The molecule has 0 fully saturated rings. The van der Waals surface area contributed by atoms with Crippen LogP contribution in [0.2, 0.25) is 5.15 Å². The van der Waals surface area contributed by atoms with Crippen molar-refractivity contribution < 1.29 is 23.5 Å². The minimum absolute atomic E-state index is 0.0580. The van der Waals surface area contributed by atoms with Gasteiger partial charge >= 0.3 is 5.97 Å². The fourth-order valence-corrected chi connectivity index (χ4v) is 3.96. The molecule has 0 aliphatic heterocycles. The molecule has 2 N–H and O–H groups in total. The molecule has 0 aliphatic rings. The summed E-state index contributed by atoms with van der Waals surface area (Å²) in [5.74, 6) is -1.58. The van der Waals surface area contributed by atoms with Gasteiger partial charge in [-0.3, -0.25) is 4.79 Å². The highest BCUT2D eigenvalue weighted by atomic mass is 35.5. The first kappa shape index (κ1) is 25.6. The van der Waals surface area contributed by atoms with Crippen molar-refractivity contribution in [2.45, 2.75) is 26.8 Å². The SMILES string of the molecule is C=O.Cc1cc(C(C)Nc2ccc(Cl)nc2C(=O)O)c2oc(-c3ccccc3F)c(C)c(=O)c2c1. The number of carbonyl (C=O) groups excluding carboxylic acids is 1. The van der Waals surface area contributed by atoms with Crippen LogP contribution in [-0.2, 0) is 4.79 Å². The van der Waals surface area contributed by atoms with E-state index in [4.69, 9.17) is 20.8 Å². The van der Waals surface area contributed by atoms with Crippen LogP contribution in [0, 0.1) is 19.7 Å². The maximum Gasteiger partial charge on any atom is 0.356 e. The molecule has 0 bridgehead atoms. The molecule has 35 heavy (non-hydrogen) atoms. The summed E-state index contributed by atoms with van der Waals surface area (Å²) >= 11 is 5.85. The maximum atomic E-state index is 14.5. The number of pyridine rings is 1. The number of carboxylic acid groups (broad SMARTS) is 1. The van der Waals surface area contributed by atoms with Gasteiger partial charge in [0.15, 0.2) is 11.1 Å². The van der Waals surface area contributed by atoms with Crippen molar-refractivity contribution >= 4 is 41.0 Å². The molecule has 9 heteroatoms. The second-order valence-electron chi connectivity index (χ2n) is 7.80. The number of hydrogen-bond donors (Lipinski definition) is 2. The molecule has 0 saturated heterocycles. The maximum absolute atomic E-state index is 14.5. The standard InChI is InChI=1S/C25H20ClFN2O4.CH2O/c1-12-10-16(14(3)28-19-8-9-20(26)29-21(19)25(31)32)24-17(11-12)22(30)13(2)23(33-24)15-6-4-5-7-18(15)27;1-2/h4-11,14,28H,1-3H3,(H,31,32);1H2. The van der Waals surface area contributed by atoms with E-state index in [1.54, 1.807) is 38.1 Å². The number of halogens is 2. The highest BCUT2D eigenvalue weighted by Gasteiger charge is 2.22. The highest BCUT2D eigenvalue weighted by Crippen LogP contribution is 2.33. The van der Waals surface area contributed by atoms with Crippen LogP contribution in [-0.4, -0.2) is 22.8 Å². The minimum Gasteiger partial charge on any atom is -0.476 e. The molecular weight excluding hydrogens is 475 g/mol. The van der Waals surface area contributed by atoms with E-state index in [9.17, 15) is 19.1 Å². The van der Waals surface area contributed by atoms with Crippen LogP contribution in [0.25, 0.3) is 22.3 Å². The molecule has 2 heterocycles. The first-order valence-electron chi connectivity index (χ1n) is 10.5. The summed E-state index contributed by atoms with van der Waals surface area (Å²) in [5, 5.41) is 13.0. The third-order valence-electron chi connectivity index (χ3n) is 5.41. The smallest absolute Gasteiger partial charge is 0.356 e. The summed E-state index contributed by atoms with van der Waals surface area (Å²) < 4.78 is 20.7. The third-order valence-corrected chi connectivity index (χ3v) is 5.62. The first-order valence-corrected chi connectivity index (χ1v) is 10.8. The van der Waals surface area contributed by atoms with Gasteiger partial charge in [0.2, 0.25) is 0 Å². The molecule has 7 nitrogen and oxygen atoms in total. The molecule has 0 spiro atoms. The van der Waals surface area contributed by atoms with Gasteiger partial charge in [-0.05, 0) is 56.7 Å². The van der Waals surface area contributed by atoms with Gasteiger partial charge in [0.05, 0.1) is 22.7 Å². The number of carbonyl (C=O) groups is 2. The Balaban J connectivity index is 0.00000167. The molecule has 2 aromatic carbocycles. The Bertz CT molecular complexity index is 1490. The van der Waals surface area contributed by atoms with Crippen molar-refractivity contribution in [3.8, 4) is 11.3 Å². The van der Waals surface area contributed by atoms with Crippen LogP contribution in [0.15, 0.2) is 57.7 Å². The van der Waals surface area contributed by atoms with Gasteiger partial charge in [-0.1, -0.05) is 29.8 Å². The first-order chi connectivity index (χ1) is 16.7. The van der Waals surface area contributed by atoms with Crippen molar-refractivity contribution in [3.63, 3.8) is 0 Å². The fourth-order valence-electron chi connectivity index (χ4n) is 3.82. The van der Waals surface area contributed by atoms with E-state index < -0.39 is 17.8 Å². The summed E-state index contributed by atoms with van der Waals surface area (Å²) in [5.41, 5.74) is 2.01. The van der Waals surface area contributed by atoms with Gasteiger partial charge in [-0.25, -0.2) is 14.2 Å². The minimum atomic E-state index is -1.23. The van der Waals surface area contributed by atoms with Gasteiger partial charge in [0, 0.05) is 11.1 Å². The number of aryl methyl sites for hydroxylation is 1. The fraction of sp³-hybridized carbons (Fsp3) is 0.154. The van der Waals surface area contributed by atoms with Crippen LogP contribution in [0.4, 0.5) is 10.1 Å². The van der Waals surface area contributed by atoms with Gasteiger partial charge in [0.25, 0.3) is 0 Å². The lowest BCUT2D eigenvalue weighted by atomic mass is 9.98. The van der Waals surface area contributed by atoms with E-state index in [0.29, 0.717) is 22.1 Å². The molecule has 2 aromatic heterocycles. The van der Waals surface area contributed by atoms with Gasteiger partial charge < -0.3 is 19.6 Å². The zero-order valence-electron chi connectivity index (χ0n) is 19.2. The van der Waals surface area contributed by atoms with E-state index in [1.807, 2.05) is 19.8 Å². The zero-order valence-corrected chi connectivity index (χ0v) is 19.9. The van der Waals surface area contributed by atoms with E-state index in [1.165, 1.54) is 18.2 Å². The van der Waals surface area contributed by atoms with E-state index in [-0.39, 0.29) is 33.3 Å². The Kier molecular flexibility index (Phi) is 7.66. The summed E-state index contributed by atoms with van der Waals surface area (Å²) in [6.45, 7) is 7.26. The number of nitrogens with zero attached hydrogens (tertiary/aromatic N) is 1. The highest BCUT2D eigenvalue weighted by molar-refractivity contribution is 6.29. The van der Waals surface area contributed by atoms with E-state index >= 15 is 0 Å². The van der Waals surface area contributed by atoms with E-state index in [2.05, 4.69) is 10.3 Å². The van der Waals surface area contributed by atoms with E-state index in [0.717, 1.165) is 5.56 Å². The summed E-state index contributed by atoms with van der Waals surface area (Å²) in [7, 11) is 0. The summed E-state index contributed by atoms with van der Waals surface area (Å²) in [4.78, 5) is 36.7. The Labute approximate surface area is 205 Å². The molecule has 0 saturated carbocycles. The van der Waals surface area contributed by atoms with Crippen LogP contribution in [0.1, 0.15) is 40.1 Å². The Morgan fingerprint density at radius 1 is 1.17 bits per heavy atom. The molecule has 0 aliphatic carbocycles. The molecule has 4 aromatic rings. The Morgan fingerprint density at radius 3 is 2.51 bits per heavy atom. The van der Waals surface area contributed by atoms with Crippen molar-refractivity contribution in [1.29, 1.82) is 0 Å². The van der Waals surface area contributed by atoms with Gasteiger partial charge in [0.1, 0.15) is 29.1 Å². The molecule has 1 atom stereocenters. The molecule has 4 rings (SSSR count). The largest absolute Gasteiger partial charge is 0.476 e. The Morgan fingerprint density at radius 2 is 1.86 bits per heavy atom. The number of anilines is 1. The predicted molar refractivity (Wildman–Crippen MR) is 133 cm³/mol. The second kappa shape index (κ2) is 10.5.